The van der Waals surface area contributed by atoms with Crippen LogP contribution in [0.5, 0.6) is 0 Å². The molecule has 0 aromatic heterocycles. The summed E-state index contributed by atoms with van der Waals surface area (Å²) in [5, 5.41) is 9.45. The normalized spacial score (nSPS) is 19.5. The van der Waals surface area contributed by atoms with E-state index in [0.29, 0.717) is 6.54 Å². The molecule has 2 atom stereocenters. The number of carbonyl (C=O) groups is 1. The third kappa shape index (κ3) is 4.46. The zero-order chi connectivity index (χ0) is 17.8. The summed E-state index contributed by atoms with van der Waals surface area (Å²) in [6, 6.07) is 17.0. The van der Waals surface area contributed by atoms with E-state index >= 15 is 0 Å². The summed E-state index contributed by atoms with van der Waals surface area (Å²) in [7, 11) is 0. The van der Waals surface area contributed by atoms with Gasteiger partial charge in [0.25, 0.3) is 0 Å². The molecule has 1 saturated heterocycles. The Labute approximate surface area is 161 Å². The average molecular weight is 420 g/mol. The maximum absolute atomic E-state index is 11.5. The molecule has 3 nitrogen and oxygen atoms in total. The minimum absolute atomic E-state index is 0.0792. The van der Waals surface area contributed by atoms with Gasteiger partial charge in [0.1, 0.15) is 0 Å². The van der Waals surface area contributed by atoms with Crippen molar-refractivity contribution >= 4 is 33.7 Å². The molecule has 0 saturated carbocycles. The van der Waals surface area contributed by atoms with Crippen LogP contribution in [0, 0.1) is 5.92 Å². The van der Waals surface area contributed by atoms with E-state index in [1.165, 1.54) is 16.0 Å². The Morgan fingerprint density at radius 3 is 2.64 bits per heavy atom. The number of hydrogen-bond donors (Lipinski definition) is 1. The summed E-state index contributed by atoms with van der Waals surface area (Å²) in [5.74, 6) is -0.968. The summed E-state index contributed by atoms with van der Waals surface area (Å²) >= 11 is 5.30. The highest BCUT2D eigenvalue weighted by molar-refractivity contribution is 9.10. The molecule has 1 fully saturated rings. The van der Waals surface area contributed by atoms with Crippen LogP contribution >= 0.6 is 27.7 Å². The smallest absolute Gasteiger partial charge is 0.307 e. The van der Waals surface area contributed by atoms with Crippen molar-refractivity contribution in [3.05, 3.63) is 64.1 Å². The molecule has 1 heterocycles. The van der Waals surface area contributed by atoms with Gasteiger partial charge in [0.15, 0.2) is 0 Å². The van der Waals surface area contributed by atoms with Crippen LogP contribution < -0.4 is 0 Å². The van der Waals surface area contributed by atoms with Gasteiger partial charge in [0.05, 0.1) is 12.0 Å². The Bertz CT molecular complexity index is 735. The van der Waals surface area contributed by atoms with Gasteiger partial charge in [-0.3, -0.25) is 9.69 Å². The second-order valence-electron chi connectivity index (χ2n) is 6.40. The first kappa shape index (κ1) is 18.5. The number of nitrogens with zero attached hydrogens (tertiary/aromatic N) is 1. The van der Waals surface area contributed by atoms with Crippen molar-refractivity contribution in [2.24, 2.45) is 5.92 Å². The third-order valence-corrected chi connectivity index (χ3v) is 6.00. The number of halogens is 1. The fourth-order valence-corrected chi connectivity index (χ4v) is 4.34. The number of aliphatic carboxylic acids is 1. The van der Waals surface area contributed by atoms with Gasteiger partial charge in [-0.15, -0.1) is 11.8 Å². The lowest BCUT2D eigenvalue weighted by atomic mass is 9.91. The highest BCUT2D eigenvalue weighted by Crippen LogP contribution is 2.34. The predicted octanol–water partition coefficient (Wildman–Crippen LogP) is 5.06. The molecule has 5 heteroatoms. The molecular weight excluding hydrogens is 398 g/mol. The topological polar surface area (TPSA) is 40.5 Å². The minimum atomic E-state index is -0.685. The van der Waals surface area contributed by atoms with Gasteiger partial charge in [-0.05, 0) is 61.0 Å². The van der Waals surface area contributed by atoms with Crippen LogP contribution in [0.25, 0.3) is 0 Å². The quantitative estimate of drug-likeness (QED) is 0.687. The molecular formula is C20H22BrNO2S. The third-order valence-electron chi connectivity index (χ3n) is 4.76. The zero-order valence-corrected chi connectivity index (χ0v) is 16.6. The standard InChI is InChI=1S/C20H22BrNO2S/c1-25-18-9-7-14(8-10-18)19(15-4-2-6-17(21)12-15)22-11-3-5-16(13-22)20(23)24/h2,4,6-10,12,16,19H,3,5,11,13H2,1H3,(H,23,24). The number of piperidine rings is 1. The molecule has 2 aromatic carbocycles. The summed E-state index contributed by atoms with van der Waals surface area (Å²) in [4.78, 5) is 15.0. The molecule has 2 unspecified atom stereocenters. The van der Waals surface area contributed by atoms with E-state index in [4.69, 9.17) is 0 Å². The van der Waals surface area contributed by atoms with Crippen molar-refractivity contribution in [1.29, 1.82) is 0 Å². The van der Waals surface area contributed by atoms with E-state index in [0.717, 1.165) is 23.9 Å². The average Bonchev–Trinajstić information content (AvgIpc) is 2.63. The second-order valence-corrected chi connectivity index (χ2v) is 8.20. The highest BCUT2D eigenvalue weighted by atomic mass is 79.9. The van der Waals surface area contributed by atoms with Crippen molar-refractivity contribution in [3.63, 3.8) is 0 Å². The van der Waals surface area contributed by atoms with Gasteiger partial charge in [-0.1, -0.05) is 40.2 Å². The van der Waals surface area contributed by atoms with Crippen LogP contribution in [0.3, 0.4) is 0 Å². The molecule has 0 amide bonds. The van der Waals surface area contributed by atoms with Crippen LogP contribution in [0.15, 0.2) is 57.9 Å². The molecule has 1 aliphatic rings. The molecule has 2 aromatic rings. The Morgan fingerprint density at radius 2 is 2.00 bits per heavy atom. The van der Waals surface area contributed by atoms with Gasteiger partial charge in [0, 0.05) is 15.9 Å². The lowest BCUT2D eigenvalue weighted by molar-refractivity contribution is -0.143. The highest BCUT2D eigenvalue weighted by Gasteiger charge is 2.31. The predicted molar refractivity (Wildman–Crippen MR) is 106 cm³/mol. The van der Waals surface area contributed by atoms with Gasteiger partial charge in [-0.2, -0.15) is 0 Å². The number of hydrogen-bond acceptors (Lipinski definition) is 3. The van der Waals surface area contributed by atoms with Crippen LogP contribution in [-0.2, 0) is 4.79 Å². The van der Waals surface area contributed by atoms with Crippen molar-refractivity contribution in [2.45, 2.75) is 23.8 Å². The van der Waals surface area contributed by atoms with Crippen molar-refractivity contribution < 1.29 is 9.90 Å². The van der Waals surface area contributed by atoms with Crippen molar-refractivity contribution in [3.8, 4) is 0 Å². The van der Waals surface area contributed by atoms with E-state index in [9.17, 15) is 9.90 Å². The van der Waals surface area contributed by atoms with Gasteiger partial charge < -0.3 is 5.11 Å². The van der Waals surface area contributed by atoms with Gasteiger partial charge >= 0.3 is 5.97 Å². The number of benzene rings is 2. The van der Waals surface area contributed by atoms with E-state index in [1.54, 1.807) is 11.8 Å². The summed E-state index contributed by atoms with van der Waals surface area (Å²) in [6.45, 7) is 1.52. The molecule has 0 radical (unpaired) electrons. The molecule has 3 rings (SSSR count). The summed E-state index contributed by atoms with van der Waals surface area (Å²) < 4.78 is 1.04. The van der Waals surface area contributed by atoms with Crippen LogP contribution in [0.2, 0.25) is 0 Å². The van der Waals surface area contributed by atoms with Crippen molar-refractivity contribution in [2.75, 3.05) is 19.3 Å². The summed E-state index contributed by atoms with van der Waals surface area (Å²) in [6.07, 6.45) is 3.76. The number of thioether (sulfide) groups is 1. The lowest BCUT2D eigenvalue weighted by Gasteiger charge is -2.37. The molecule has 1 aliphatic heterocycles. The zero-order valence-electron chi connectivity index (χ0n) is 14.2. The second kappa shape index (κ2) is 8.39. The lowest BCUT2D eigenvalue weighted by Crippen LogP contribution is -2.41. The maximum Gasteiger partial charge on any atom is 0.307 e. The maximum atomic E-state index is 11.5. The number of carboxylic acid groups (broad SMARTS) is 1. The first-order valence-electron chi connectivity index (χ1n) is 8.44. The Balaban J connectivity index is 1.97. The van der Waals surface area contributed by atoms with E-state index in [2.05, 4.69) is 63.5 Å². The fourth-order valence-electron chi connectivity index (χ4n) is 3.52. The van der Waals surface area contributed by atoms with E-state index in [1.807, 2.05) is 12.1 Å². The van der Waals surface area contributed by atoms with Crippen molar-refractivity contribution in [1.82, 2.24) is 4.90 Å². The monoisotopic (exact) mass is 419 g/mol. The molecule has 0 aliphatic carbocycles. The molecule has 0 spiro atoms. The van der Waals surface area contributed by atoms with Gasteiger partial charge in [-0.25, -0.2) is 0 Å². The minimum Gasteiger partial charge on any atom is -0.481 e. The molecule has 0 bridgehead atoms. The Kier molecular flexibility index (Phi) is 6.20. The molecule has 25 heavy (non-hydrogen) atoms. The SMILES string of the molecule is CSc1ccc(C(c2cccc(Br)c2)N2CCCC(C(=O)O)C2)cc1. The van der Waals surface area contributed by atoms with E-state index < -0.39 is 5.97 Å². The van der Waals surface area contributed by atoms with Crippen LogP contribution in [0.4, 0.5) is 0 Å². The number of carboxylic acids is 1. The molecule has 132 valence electrons. The van der Waals surface area contributed by atoms with Crippen LogP contribution in [-0.4, -0.2) is 35.3 Å². The Hall–Kier alpha value is -1.30. The molecule has 1 N–H and O–H groups in total. The van der Waals surface area contributed by atoms with E-state index in [-0.39, 0.29) is 12.0 Å². The number of likely N-dealkylation sites (tertiary alicyclic amines) is 1. The fraction of sp³-hybridized carbons (Fsp3) is 0.350. The van der Waals surface area contributed by atoms with Crippen LogP contribution in [0.1, 0.15) is 30.0 Å². The first-order valence-corrected chi connectivity index (χ1v) is 10.5. The largest absolute Gasteiger partial charge is 0.481 e. The Morgan fingerprint density at radius 1 is 1.24 bits per heavy atom. The summed E-state index contributed by atoms with van der Waals surface area (Å²) in [5.41, 5.74) is 2.40. The van der Waals surface area contributed by atoms with Gasteiger partial charge in [0.2, 0.25) is 0 Å². The number of rotatable bonds is 5. The first-order chi connectivity index (χ1) is 12.1.